The first kappa shape index (κ1) is 12.4. The van der Waals surface area contributed by atoms with Crippen LogP contribution in [0.25, 0.3) is 11.3 Å². The zero-order valence-electron chi connectivity index (χ0n) is 12.0. The molecule has 2 aromatic rings. The second-order valence-corrected chi connectivity index (χ2v) is 5.46. The quantitative estimate of drug-likeness (QED) is 0.896. The van der Waals surface area contributed by atoms with E-state index < -0.39 is 0 Å². The van der Waals surface area contributed by atoms with Crippen LogP contribution in [-0.4, -0.2) is 9.55 Å². The Morgan fingerprint density at radius 3 is 2.74 bits per heavy atom. The molecule has 0 saturated carbocycles. The Kier molecular flexibility index (Phi) is 2.94. The molecule has 100 valence electrons. The molecular weight excluding hydrogens is 234 g/mol. The van der Waals surface area contributed by atoms with E-state index in [0.29, 0.717) is 6.54 Å². The fraction of sp³-hybridized carbons (Fsp3) is 0.438. The summed E-state index contributed by atoms with van der Waals surface area (Å²) < 4.78 is 2.31. The molecule has 0 aliphatic carbocycles. The number of aromatic nitrogens is 2. The van der Waals surface area contributed by atoms with Crippen LogP contribution in [0.4, 0.5) is 0 Å². The summed E-state index contributed by atoms with van der Waals surface area (Å²) in [6.45, 7) is 8.14. The second-order valence-electron chi connectivity index (χ2n) is 5.46. The third-order valence-electron chi connectivity index (χ3n) is 4.44. The van der Waals surface area contributed by atoms with Crippen molar-refractivity contribution in [1.29, 1.82) is 0 Å². The van der Waals surface area contributed by atoms with Gasteiger partial charge in [0, 0.05) is 17.8 Å². The number of benzene rings is 1. The molecular formula is C16H21N3. The molecule has 19 heavy (non-hydrogen) atoms. The molecule has 3 nitrogen and oxygen atoms in total. The van der Waals surface area contributed by atoms with Gasteiger partial charge in [-0.3, -0.25) is 0 Å². The number of imidazole rings is 1. The van der Waals surface area contributed by atoms with Gasteiger partial charge in [0.15, 0.2) is 0 Å². The second kappa shape index (κ2) is 4.49. The number of hydrogen-bond donors (Lipinski definition) is 1. The molecule has 0 amide bonds. The fourth-order valence-corrected chi connectivity index (χ4v) is 3.04. The van der Waals surface area contributed by atoms with E-state index in [4.69, 9.17) is 10.7 Å². The summed E-state index contributed by atoms with van der Waals surface area (Å²) in [7, 11) is 0. The van der Waals surface area contributed by atoms with E-state index >= 15 is 0 Å². The molecule has 0 unspecified atom stereocenters. The maximum Gasteiger partial charge on any atom is 0.123 e. The summed E-state index contributed by atoms with van der Waals surface area (Å²) in [5.74, 6) is 1.03. The molecule has 0 atom stereocenters. The average molecular weight is 255 g/mol. The number of fused-ring (bicyclic) bond motifs is 1. The Hall–Kier alpha value is -1.61. The highest BCUT2D eigenvalue weighted by atomic mass is 15.1. The molecule has 3 heteroatoms. The number of aryl methyl sites for hydroxylation is 1. The van der Waals surface area contributed by atoms with Crippen molar-refractivity contribution in [3.05, 3.63) is 40.3 Å². The van der Waals surface area contributed by atoms with Gasteiger partial charge < -0.3 is 10.3 Å². The van der Waals surface area contributed by atoms with Crippen LogP contribution >= 0.6 is 0 Å². The summed E-state index contributed by atoms with van der Waals surface area (Å²) in [5, 5.41) is 0. The Morgan fingerprint density at radius 1 is 1.21 bits per heavy atom. The van der Waals surface area contributed by atoms with Gasteiger partial charge in [-0.25, -0.2) is 4.98 Å². The summed E-state index contributed by atoms with van der Waals surface area (Å²) in [6, 6.07) is 4.40. The van der Waals surface area contributed by atoms with E-state index in [9.17, 15) is 0 Å². The molecule has 0 radical (unpaired) electrons. The van der Waals surface area contributed by atoms with Gasteiger partial charge in [-0.15, -0.1) is 0 Å². The van der Waals surface area contributed by atoms with Crippen molar-refractivity contribution in [1.82, 2.24) is 9.55 Å². The molecule has 1 aliphatic heterocycles. The van der Waals surface area contributed by atoms with Crippen LogP contribution in [0.2, 0.25) is 0 Å². The van der Waals surface area contributed by atoms with Crippen LogP contribution < -0.4 is 5.73 Å². The first-order chi connectivity index (χ1) is 9.13. The molecule has 0 spiro atoms. The highest BCUT2D eigenvalue weighted by Gasteiger charge is 2.22. The minimum atomic E-state index is 0.525. The average Bonchev–Trinajstić information content (AvgIpc) is 2.98. The monoisotopic (exact) mass is 255 g/mol. The van der Waals surface area contributed by atoms with Crippen molar-refractivity contribution in [3.8, 4) is 11.3 Å². The molecule has 2 heterocycles. The van der Waals surface area contributed by atoms with Gasteiger partial charge in [0.25, 0.3) is 0 Å². The zero-order valence-corrected chi connectivity index (χ0v) is 12.0. The van der Waals surface area contributed by atoms with Gasteiger partial charge in [0.05, 0.1) is 12.2 Å². The zero-order chi connectivity index (χ0) is 13.6. The lowest BCUT2D eigenvalue weighted by Crippen LogP contribution is -2.06. The number of rotatable bonds is 2. The lowest BCUT2D eigenvalue weighted by Gasteiger charge is -2.10. The summed E-state index contributed by atoms with van der Waals surface area (Å²) in [5.41, 5.74) is 13.7. The van der Waals surface area contributed by atoms with Crippen molar-refractivity contribution in [2.45, 2.75) is 46.7 Å². The summed E-state index contributed by atoms with van der Waals surface area (Å²) >= 11 is 0. The van der Waals surface area contributed by atoms with Crippen molar-refractivity contribution in [2.75, 3.05) is 0 Å². The van der Waals surface area contributed by atoms with Crippen LogP contribution in [0.1, 0.15) is 34.6 Å². The standard InChI is InChI=1S/C16H21N3/c1-10-6-7-13(12(3)11(10)2)16-14-5-4-8-19(14)15(9-17)18-16/h6-7H,4-5,8-9,17H2,1-3H3. The van der Waals surface area contributed by atoms with Crippen molar-refractivity contribution < 1.29 is 0 Å². The highest BCUT2D eigenvalue weighted by Crippen LogP contribution is 2.33. The van der Waals surface area contributed by atoms with Gasteiger partial charge in [0.1, 0.15) is 5.82 Å². The molecule has 3 rings (SSSR count). The first-order valence-corrected chi connectivity index (χ1v) is 6.99. The third kappa shape index (κ3) is 1.80. The van der Waals surface area contributed by atoms with E-state index in [0.717, 1.165) is 24.5 Å². The van der Waals surface area contributed by atoms with Crippen molar-refractivity contribution in [3.63, 3.8) is 0 Å². The lowest BCUT2D eigenvalue weighted by atomic mass is 9.96. The number of nitrogens with two attached hydrogens (primary N) is 1. The number of hydrogen-bond acceptors (Lipinski definition) is 2. The Bertz CT molecular complexity index is 638. The minimum absolute atomic E-state index is 0.525. The van der Waals surface area contributed by atoms with E-state index in [2.05, 4.69) is 37.5 Å². The Labute approximate surface area is 114 Å². The van der Waals surface area contributed by atoms with E-state index in [1.807, 2.05) is 0 Å². The first-order valence-electron chi connectivity index (χ1n) is 6.99. The molecule has 1 aromatic carbocycles. The van der Waals surface area contributed by atoms with Crippen molar-refractivity contribution >= 4 is 0 Å². The lowest BCUT2D eigenvalue weighted by molar-refractivity contribution is 0.689. The number of nitrogens with zero attached hydrogens (tertiary/aromatic N) is 2. The van der Waals surface area contributed by atoms with E-state index in [-0.39, 0.29) is 0 Å². The maximum absolute atomic E-state index is 5.82. The predicted octanol–water partition coefficient (Wildman–Crippen LogP) is 2.88. The van der Waals surface area contributed by atoms with Crippen LogP contribution in [-0.2, 0) is 19.5 Å². The van der Waals surface area contributed by atoms with Crippen molar-refractivity contribution in [2.24, 2.45) is 5.73 Å². The largest absolute Gasteiger partial charge is 0.330 e. The Morgan fingerprint density at radius 2 is 2.00 bits per heavy atom. The normalized spacial score (nSPS) is 13.9. The topological polar surface area (TPSA) is 43.8 Å². The smallest absolute Gasteiger partial charge is 0.123 e. The molecule has 0 fully saturated rings. The van der Waals surface area contributed by atoms with Gasteiger partial charge in [0.2, 0.25) is 0 Å². The molecule has 1 aliphatic rings. The third-order valence-corrected chi connectivity index (χ3v) is 4.44. The molecule has 0 saturated heterocycles. The Balaban J connectivity index is 2.21. The van der Waals surface area contributed by atoms with Gasteiger partial charge in [-0.05, 0) is 50.3 Å². The molecule has 2 N–H and O–H groups in total. The van der Waals surface area contributed by atoms with Gasteiger partial charge in [-0.2, -0.15) is 0 Å². The van der Waals surface area contributed by atoms with E-state index in [1.54, 1.807) is 0 Å². The van der Waals surface area contributed by atoms with Gasteiger partial charge >= 0.3 is 0 Å². The van der Waals surface area contributed by atoms with Crippen LogP contribution in [0.5, 0.6) is 0 Å². The van der Waals surface area contributed by atoms with Crippen LogP contribution in [0.15, 0.2) is 12.1 Å². The maximum atomic E-state index is 5.82. The summed E-state index contributed by atoms with van der Waals surface area (Å²) in [4.78, 5) is 4.79. The highest BCUT2D eigenvalue weighted by molar-refractivity contribution is 5.69. The van der Waals surface area contributed by atoms with Crippen LogP contribution in [0, 0.1) is 20.8 Å². The SMILES string of the molecule is Cc1ccc(-c2nc(CN)n3c2CCC3)c(C)c1C. The van der Waals surface area contributed by atoms with Gasteiger partial charge in [-0.1, -0.05) is 12.1 Å². The molecule has 1 aromatic heterocycles. The summed E-state index contributed by atoms with van der Waals surface area (Å²) in [6.07, 6.45) is 2.33. The predicted molar refractivity (Wildman–Crippen MR) is 78.1 cm³/mol. The van der Waals surface area contributed by atoms with E-state index in [1.165, 1.54) is 34.4 Å². The minimum Gasteiger partial charge on any atom is -0.330 e. The fourth-order valence-electron chi connectivity index (χ4n) is 3.04. The molecule has 0 bridgehead atoms. The van der Waals surface area contributed by atoms with Crippen LogP contribution in [0.3, 0.4) is 0 Å².